The summed E-state index contributed by atoms with van der Waals surface area (Å²) in [6, 6.07) is 5.88. The average molecular weight is 318 g/mol. The summed E-state index contributed by atoms with van der Waals surface area (Å²) in [7, 11) is 1.64. The molecular formula is C10H7IO2S. The lowest BCUT2D eigenvalue weighted by Gasteiger charge is -1.94. The highest BCUT2D eigenvalue weighted by molar-refractivity contribution is 14.1. The molecule has 14 heavy (non-hydrogen) atoms. The fourth-order valence-electron chi connectivity index (χ4n) is 1.31. The van der Waals surface area contributed by atoms with E-state index in [1.54, 1.807) is 7.11 Å². The van der Waals surface area contributed by atoms with Gasteiger partial charge in [0.05, 0.1) is 7.11 Å². The van der Waals surface area contributed by atoms with E-state index in [1.165, 1.54) is 11.3 Å². The van der Waals surface area contributed by atoms with Gasteiger partial charge in [0, 0.05) is 13.8 Å². The number of benzene rings is 1. The predicted molar refractivity (Wildman–Crippen MR) is 66.5 cm³/mol. The quantitative estimate of drug-likeness (QED) is 0.627. The summed E-state index contributed by atoms with van der Waals surface area (Å²) in [5, 5.41) is 1.91. The number of halogens is 1. The first kappa shape index (κ1) is 9.92. The molecule has 1 aromatic carbocycles. The second-order valence-electron chi connectivity index (χ2n) is 2.80. The molecule has 2 nitrogen and oxygen atoms in total. The number of thiophene rings is 1. The SMILES string of the molecule is COc1cc2cc(I)cc(C=O)c2s1. The van der Waals surface area contributed by atoms with Gasteiger partial charge in [-0.1, -0.05) is 11.3 Å². The number of aldehydes is 1. The molecule has 0 atom stereocenters. The van der Waals surface area contributed by atoms with Crippen molar-refractivity contribution in [2.24, 2.45) is 0 Å². The summed E-state index contributed by atoms with van der Waals surface area (Å²) in [4.78, 5) is 10.8. The van der Waals surface area contributed by atoms with Crippen molar-refractivity contribution >= 4 is 50.3 Å². The molecule has 0 bridgehead atoms. The maximum Gasteiger partial charge on any atom is 0.174 e. The number of carbonyl (C=O) groups is 1. The van der Waals surface area contributed by atoms with Crippen LogP contribution in [0.5, 0.6) is 5.06 Å². The Morgan fingerprint density at radius 1 is 1.43 bits per heavy atom. The second kappa shape index (κ2) is 3.86. The Bertz CT molecular complexity index is 490. The van der Waals surface area contributed by atoms with Crippen LogP contribution in [0.15, 0.2) is 18.2 Å². The van der Waals surface area contributed by atoms with E-state index in [9.17, 15) is 4.79 Å². The summed E-state index contributed by atoms with van der Waals surface area (Å²) in [6.07, 6.45) is 0.889. The highest BCUT2D eigenvalue weighted by atomic mass is 127. The van der Waals surface area contributed by atoms with Crippen LogP contribution in [0.3, 0.4) is 0 Å². The number of rotatable bonds is 2. The molecule has 0 aliphatic rings. The van der Waals surface area contributed by atoms with E-state index in [0.717, 1.165) is 30.6 Å². The Morgan fingerprint density at radius 3 is 2.86 bits per heavy atom. The minimum Gasteiger partial charge on any atom is -0.487 e. The molecule has 2 aromatic rings. The largest absolute Gasteiger partial charge is 0.487 e. The lowest BCUT2D eigenvalue weighted by molar-refractivity contribution is 0.112. The minimum atomic E-state index is 0.736. The number of ether oxygens (including phenoxy) is 1. The van der Waals surface area contributed by atoms with Crippen molar-refractivity contribution in [2.75, 3.05) is 7.11 Å². The maximum absolute atomic E-state index is 10.8. The summed E-state index contributed by atoms with van der Waals surface area (Å²) >= 11 is 3.70. The molecule has 0 fully saturated rings. The highest BCUT2D eigenvalue weighted by Crippen LogP contribution is 2.34. The lowest BCUT2D eigenvalue weighted by atomic mass is 10.2. The summed E-state index contributed by atoms with van der Waals surface area (Å²) < 4.78 is 7.20. The molecule has 1 heterocycles. The third-order valence-corrected chi connectivity index (χ3v) is 3.70. The summed E-state index contributed by atoms with van der Waals surface area (Å²) in [6.45, 7) is 0. The molecule has 0 aliphatic heterocycles. The average Bonchev–Trinajstić information content (AvgIpc) is 2.59. The third-order valence-electron chi connectivity index (χ3n) is 1.92. The summed E-state index contributed by atoms with van der Waals surface area (Å²) in [5.74, 6) is 0. The van der Waals surface area contributed by atoms with E-state index in [0.29, 0.717) is 0 Å². The van der Waals surface area contributed by atoms with Crippen molar-refractivity contribution in [2.45, 2.75) is 0 Å². The van der Waals surface area contributed by atoms with Gasteiger partial charge in [-0.25, -0.2) is 0 Å². The van der Waals surface area contributed by atoms with Crippen LogP contribution in [0.1, 0.15) is 10.4 Å². The molecule has 0 spiro atoms. The van der Waals surface area contributed by atoms with Crippen LogP contribution in [0.4, 0.5) is 0 Å². The first-order valence-corrected chi connectivity index (χ1v) is 5.86. The van der Waals surface area contributed by atoms with Gasteiger partial charge in [0.2, 0.25) is 0 Å². The monoisotopic (exact) mass is 318 g/mol. The van der Waals surface area contributed by atoms with Gasteiger partial charge in [-0.2, -0.15) is 0 Å². The first-order chi connectivity index (χ1) is 6.74. The van der Waals surface area contributed by atoms with Crippen molar-refractivity contribution in [3.05, 3.63) is 27.3 Å². The highest BCUT2D eigenvalue weighted by Gasteiger charge is 2.07. The van der Waals surface area contributed by atoms with E-state index in [1.807, 2.05) is 18.2 Å². The number of hydrogen-bond acceptors (Lipinski definition) is 3. The van der Waals surface area contributed by atoms with Crippen molar-refractivity contribution in [1.29, 1.82) is 0 Å². The Hall–Kier alpha value is -0.620. The molecule has 0 saturated heterocycles. The van der Waals surface area contributed by atoms with Crippen molar-refractivity contribution < 1.29 is 9.53 Å². The molecule has 0 radical (unpaired) electrons. The number of carbonyl (C=O) groups excluding carboxylic acids is 1. The standard InChI is InChI=1S/C10H7IO2S/c1-13-9-4-6-2-8(11)3-7(5-12)10(6)14-9/h2-5H,1H3. The third kappa shape index (κ3) is 1.64. The van der Waals surface area contributed by atoms with Gasteiger partial charge in [0.1, 0.15) is 0 Å². The van der Waals surface area contributed by atoms with Gasteiger partial charge in [-0.3, -0.25) is 4.79 Å². The van der Waals surface area contributed by atoms with Crippen LogP contribution < -0.4 is 4.74 Å². The Morgan fingerprint density at radius 2 is 2.21 bits per heavy atom. The van der Waals surface area contributed by atoms with Crippen LogP contribution in [-0.4, -0.2) is 13.4 Å². The minimum absolute atomic E-state index is 0.736. The van der Waals surface area contributed by atoms with Crippen LogP contribution in [-0.2, 0) is 0 Å². The zero-order valence-electron chi connectivity index (χ0n) is 7.41. The Balaban J connectivity index is 2.77. The zero-order valence-corrected chi connectivity index (χ0v) is 10.4. The normalized spacial score (nSPS) is 10.4. The van der Waals surface area contributed by atoms with Gasteiger partial charge >= 0.3 is 0 Å². The van der Waals surface area contributed by atoms with Crippen LogP contribution in [0.25, 0.3) is 10.1 Å². The van der Waals surface area contributed by atoms with E-state index in [4.69, 9.17) is 4.74 Å². The second-order valence-corrected chi connectivity index (χ2v) is 5.06. The van der Waals surface area contributed by atoms with Gasteiger partial charge in [0.15, 0.2) is 11.3 Å². The fraction of sp³-hybridized carbons (Fsp3) is 0.100. The van der Waals surface area contributed by atoms with E-state index >= 15 is 0 Å². The number of fused-ring (bicyclic) bond motifs is 1. The van der Waals surface area contributed by atoms with Gasteiger partial charge in [-0.15, -0.1) is 0 Å². The number of methoxy groups -OCH3 is 1. The van der Waals surface area contributed by atoms with Crippen LogP contribution in [0.2, 0.25) is 0 Å². The molecule has 0 N–H and O–H groups in total. The van der Waals surface area contributed by atoms with Gasteiger partial charge in [-0.05, 0) is 46.2 Å². The van der Waals surface area contributed by atoms with Crippen LogP contribution in [0, 0.1) is 3.57 Å². The molecular weight excluding hydrogens is 311 g/mol. The van der Waals surface area contributed by atoms with Gasteiger partial charge < -0.3 is 4.74 Å². The smallest absolute Gasteiger partial charge is 0.174 e. The molecule has 0 unspecified atom stereocenters. The molecule has 2 rings (SSSR count). The van der Waals surface area contributed by atoms with E-state index in [-0.39, 0.29) is 0 Å². The van der Waals surface area contributed by atoms with Gasteiger partial charge in [0.25, 0.3) is 0 Å². The van der Waals surface area contributed by atoms with E-state index in [2.05, 4.69) is 22.6 Å². The number of hydrogen-bond donors (Lipinski definition) is 0. The zero-order chi connectivity index (χ0) is 10.1. The van der Waals surface area contributed by atoms with Crippen molar-refractivity contribution in [1.82, 2.24) is 0 Å². The molecule has 0 aliphatic carbocycles. The van der Waals surface area contributed by atoms with E-state index < -0.39 is 0 Å². The molecule has 0 saturated carbocycles. The topological polar surface area (TPSA) is 26.3 Å². The Kier molecular flexibility index (Phi) is 2.73. The first-order valence-electron chi connectivity index (χ1n) is 3.97. The molecule has 1 aromatic heterocycles. The van der Waals surface area contributed by atoms with Crippen molar-refractivity contribution in [3.8, 4) is 5.06 Å². The molecule has 0 amide bonds. The molecule has 4 heteroatoms. The predicted octanol–water partition coefficient (Wildman–Crippen LogP) is 3.33. The molecule has 72 valence electrons. The van der Waals surface area contributed by atoms with Crippen molar-refractivity contribution in [3.63, 3.8) is 0 Å². The summed E-state index contributed by atoms with van der Waals surface area (Å²) in [5.41, 5.74) is 0.736. The van der Waals surface area contributed by atoms with Crippen LogP contribution >= 0.6 is 33.9 Å². The lowest BCUT2D eigenvalue weighted by Crippen LogP contribution is -1.80. The fourth-order valence-corrected chi connectivity index (χ4v) is 2.91. The Labute approximate surface area is 99.0 Å². The maximum atomic E-state index is 10.8.